The molecule has 0 amide bonds. The lowest BCUT2D eigenvalue weighted by Gasteiger charge is -2.13. The van der Waals surface area contributed by atoms with Gasteiger partial charge in [0.25, 0.3) is 0 Å². The highest BCUT2D eigenvalue weighted by Gasteiger charge is 2.28. The van der Waals surface area contributed by atoms with Gasteiger partial charge in [0.05, 0.1) is 11.3 Å². The van der Waals surface area contributed by atoms with Crippen LogP contribution >= 0.6 is 24.0 Å². The van der Waals surface area contributed by atoms with Gasteiger partial charge in [-0.2, -0.15) is 13.2 Å². The van der Waals surface area contributed by atoms with E-state index in [0.717, 1.165) is 18.4 Å². The highest BCUT2D eigenvalue weighted by atomic mass is 127. The molecule has 0 bridgehead atoms. The Labute approximate surface area is 168 Å². The number of benzene rings is 1. The molecule has 0 radical (unpaired) electrons. The molecule has 2 rings (SSSR count). The monoisotopic (exact) mass is 506 g/mol. The Morgan fingerprint density at radius 3 is 2.31 bits per heavy atom. The largest absolute Gasteiger partial charge is 0.390 e. The van der Waals surface area contributed by atoms with Crippen LogP contribution in [0.15, 0.2) is 34.2 Å². The molecule has 11 heteroatoms. The van der Waals surface area contributed by atoms with Gasteiger partial charge in [-0.15, -0.1) is 24.0 Å². The molecule has 1 aromatic carbocycles. The molecule has 6 nitrogen and oxygen atoms in total. The van der Waals surface area contributed by atoms with Crippen LogP contribution in [0.3, 0.4) is 0 Å². The van der Waals surface area contributed by atoms with Gasteiger partial charge in [-0.1, -0.05) is 12.1 Å². The van der Waals surface area contributed by atoms with Crippen molar-refractivity contribution in [1.29, 1.82) is 0 Å². The van der Waals surface area contributed by atoms with Crippen molar-refractivity contribution in [3.63, 3.8) is 0 Å². The quantitative estimate of drug-likeness (QED) is 0.302. The molecule has 1 fully saturated rings. The fourth-order valence-electron chi connectivity index (χ4n) is 2.00. The second-order valence-electron chi connectivity index (χ2n) is 5.76. The summed E-state index contributed by atoms with van der Waals surface area (Å²) >= 11 is 0. The second-order valence-corrected chi connectivity index (χ2v) is 7.47. The minimum absolute atomic E-state index is 0. The lowest BCUT2D eigenvalue weighted by Crippen LogP contribution is -2.38. The van der Waals surface area contributed by atoms with E-state index in [1.807, 2.05) is 0 Å². The van der Waals surface area contributed by atoms with E-state index >= 15 is 0 Å². The standard InChI is InChI=1S/C15H21F3N4O2S.HI/c1-19-14(20-9-8-15(16,17)18)21-10-11-2-6-13(7-3-11)25(23,24)22-12-4-5-12;/h2-3,6-7,12,22H,4-5,8-10H2,1H3,(H2,19,20,21);1H. The summed E-state index contributed by atoms with van der Waals surface area (Å²) in [5.74, 6) is 0.247. The number of hydrogen-bond acceptors (Lipinski definition) is 3. The predicted molar refractivity (Wildman–Crippen MR) is 104 cm³/mol. The third-order valence-corrected chi connectivity index (χ3v) is 5.05. The molecule has 1 aliphatic rings. The first-order valence-corrected chi connectivity index (χ1v) is 9.30. The van der Waals surface area contributed by atoms with Crippen LogP contribution in [0.2, 0.25) is 0 Å². The number of nitrogens with zero attached hydrogens (tertiary/aromatic N) is 1. The maximum atomic E-state index is 12.1. The molecule has 0 saturated heterocycles. The summed E-state index contributed by atoms with van der Waals surface area (Å²) in [6, 6.07) is 6.34. The highest BCUT2D eigenvalue weighted by molar-refractivity contribution is 14.0. The zero-order chi connectivity index (χ0) is 18.5. The van der Waals surface area contributed by atoms with E-state index in [1.54, 1.807) is 12.1 Å². The van der Waals surface area contributed by atoms with Crippen LogP contribution in [0.4, 0.5) is 13.2 Å². The zero-order valence-corrected chi connectivity index (χ0v) is 17.3. The van der Waals surface area contributed by atoms with Crippen LogP contribution in [-0.4, -0.2) is 40.2 Å². The van der Waals surface area contributed by atoms with Crippen molar-refractivity contribution >= 4 is 40.0 Å². The van der Waals surface area contributed by atoms with Crippen molar-refractivity contribution in [2.24, 2.45) is 4.99 Å². The molecule has 3 N–H and O–H groups in total. The first-order valence-electron chi connectivity index (χ1n) is 7.82. The van der Waals surface area contributed by atoms with Crippen molar-refractivity contribution in [2.75, 3.05) is 13.6 Å². The molecule has 0 atom stereocenters. The molecule has 0 heterocycles. The lowest BCUT2D eigenvalue weighted by molar-refractivity contribution is -0.132. The topological polar surface area (TPSA) is 82.6 Å². The zero-order valence-electron chi connectivity index (χ0n) is 14.1. The van der Waals surface area contributed by atoms with Gasteiger partial charge in [0.15, 0.2) is 5.96 Å². The Morgan fingerprint density at radius 1 is 1.19 bits per heavy atom. The molecule has 1 aromatic rings. The molecular formula is C15H22F3IN4O2S. The van der Waals surface area contributed by atoms with Crippen molar-refractivity contribution in [2.45, 2.75) is 42.9 Å². The maximum Gasteiger partial charge on any atom is 0.390 e. The average molecular weight is 506 g/mol. The normalized spacial score (nSPS) is 15.3. The Kier molecular flexibility index (Phi) is 8.60. The van der Waals surface area contributed by atoms with Crippen molar-refractivity contribution in [1.82, 2.24) is 15.4 Å². The van der Waals surface area contributed by atoms with Gasteiger partial charge in [-0.05, 0) is 30.5 Å². The Morgan fingerprint density at radius 2 is 1.81 bits per heavy atom. The van der Waals surface area contributed by atoms with Gasteiger partial charge in [0.1, 0.15) is 0 Å². The molecule has 1 aliphatic carbocycles. The van der Waals surface area contributed by atoms with E-state index in [-0.39, 0.29) is 47.4 Å². The minimum atomic E-state index is -4.22. The summed E-state index contributed by atoms with van der Waals surface area (Å²) in [6.07, 6.45) is -3.45. The van der Waals surface area contributed by atoms with Gasteiger partial charge in [0.2, 0.25) is 10.0 Å². The molecule has 1 saturated carbocycles. The van der Waals surface area contributed by atoms with Crippen LogP contribution in [0.5, 0.6) is 0 Å². The number of halogens is 4. The predicted octanol–water partition coefficient (Wildman–Crippen LogP) is 2.36. The molecule has 148 valence electrons. The van der Waals surface area contributed by atoms with E-state index in [9.17, 15) is 21.6 Å². The third-order valence-electron chi connectivity index (χ3n) is 3.52. The Bertz CT molecular complexity index is 705. The Hall–Kier alpha value is -1.08. The SMILES string of the molecule is CN=C(NCCC(F)(F)F)NCc1ccc(S(=O)(=O)NC2CC2)cc1.I. The smallest absolute Gasteiger partial charge is 0.356 e. The van der Waals surface area contributed by atoms with Gasteiger partial charge >= 0.3 is 6.18 Å². The fraction of sp³-hybridized carbons (Fsp3) is 0.533. The summed E-state index contributed by atoms with van der Waals surface area (Å²) in [4.78, 5) is 4.03. The summed E-state index contributed by atoms with van der Waals surface area (Å²) < 4.78 is 63.1. The molecule has 26 heavy (non-hydrogen) atoms. The molecular weight excluding hydrogens is 484 g/mol. The van der Waals surface area contributed by atoms with Crippen molar-refractivity contribution in [3.05, 3.63) is 29.8 Å². The van der Waals surface area contributed by atoms with E-state index in [4.69, 9.17) is 0 Å². The van der Waals surface area contributed by atoms with Crippen molar-refractivity contribution in [3.8, 4) is 0 Å². The summed E-state index contributed by atoms with van der Waals surface area (Å²) in [5, 5.41) is 5.45. The van der Waals surface area contributed by atoms with E-state index in [2.05, 4.69) is 20.3 Å². The number of hydrogen-bond donors (Lipinski definition) is 3. The number of sulfonamides is 1. The Balaban J connectivity index is 0.00000338. The third kappa shape index (κ3) is 8.08. The summed E-state index contributed by atoms with van der Waals surface area (Å²) in [5.41, 5.74) is 0.782. The van der Waals surface area contributed by atoms with Crippen LogP contribution in [0.25, 0.3) is 0 Å². The molecule has 0 aromatic heterocycles. The number of nitrogens with one attached hydrogen (secondary N) is 3. The number of aliphatic imine (C=N–C) groups is 1. The summed E-state index contributed by atoms with van der Waals surface area (Å²) in [7, 11) is -2.03. The molecule has 0 unspecified atom stereocenters. The number of rotatable bonds is 7. The van der Waals surface area contributed by atoms with Crippen LogP contribution < -0.4 is 15.4 Å². The van der Waals surface area contributed by atoms with Crippen LogP contribution in [0.1, 0.15) is 24.8 Å². The second kappa shape index (κ2) is 9.74. The number of guanidine groups is 1. The lowest BCUT2D eigenvalue weighted by atomic mass is 10.2. The van der Waals surface area contributed by atoms with E-state index in [0.29, 0.717) is 6.54 Å². The summed E-state index contributed by atoms with van der Waals surface area (Å²) in [6.45, 7) is 0.0370. The molecule has 0 spiro atoms. The van der Waals surface area contributed by atoms with Gasteiger partial charge < -0.3 is 10.6 Å². The van der Waals surface area contributed by atoms with E-state index < -0.39 is 22.6 Å². The average Bonchev–Trinajstić information content (AvgIpc) is 3.33. The van der Waals surface area contributed by atoms with E-state index in [1.165, 1.54) is 19.2 Å². The van der Waals surface area contributed by atoms with Gasteiger partial charge in [0, 0.05) is 26.2 Å². The maximum absolute atomic E-state index is 12.1. The van der Waals surface area contributed by atoms with Crippen LogP contribution in [0, 0.1) is 0 Å². The van der Waals surface area contributed by atoms with Crippen LogP contribution in [-0.2, 0) is 16.6 Å². The fourth-order valence-corrected chi connectivity index (χ4v) is 3.31. The van der Waals surface area contributed by atoms with Gasteiger partial charge in [-0.25, -0.2) is 13.1 Å². The first kappa shape index (κ1) is 23.0. The highest BCUT2D eigenvalue weighted by Crippen LogP contribution is 2.22. The molecule has 0 aliphatic heterocycles. The number of alkyl halides is 3. The van der Waals surface area contributed by atoms with Gasteiger partial charge in [-0.3, -0.25) is 4.99 Å². The first-order chi connectivity index (χ1) is 11.7. The minimum Gasteiger partial charge on any atom is -0.356 e. The van der Waals surface area contributed by atoms with Crippen molar-refractivity contribution < 1.29 is 21.6 Å².